The van der Waals surface area contributed by atoms with Crippen molar-refractivity contribution in [1.29, 1.82) is 0 Å². The van der Waals surface area contributed by atoms with Crippen LogP contribution in [0.5, 0.6) is 0 Å². The van der Waals surface area contributed by atoms with E-state index in [1.54, 1.807) is 18.2 Å². The van der Waals surface area contributed by atoms with Crippen LogP contribution in [0.15, 0.2) is 23.1 Å². The Balaban J connectivity index is 2.63. The number of aliphatic hydroxyl groups excluding tert-OH is 1. The number of rotatable bonds is 4. The third-order valence-electron chi connectivity index (χ3n) is 1.97. The van der Waals surface area contributed by atoms with Crippen LogP contribution in [-0.2, 0) is 16.1 Å². The highest BCUT2D eigenvalue weighted by molar-refractivity contribution is 8.00. The zero-order valence-electron chi connectivity index (χ0n) is 10.7. The Hall–Kier alpha value is -0.710. The summed E-state index contributed by atoms with van der Waals surface area (Å²) in [5.74, 6) is -0.0821. The van der Waals surface area contributed by atoms with Crippen LogP contribution in [0.1, 0.15) is 26.3 Å². The van der Waals surface area contributed by atoms with E-state index in [0.717, 1.165) is 10.5 Å². The summed E-state index contributed by atoms with van der Waals surface area (Å²) in [5, 5.41) is 9.77. The molecule has 0 fully saturated rings. The monoisotopic (exact) mass is 288 g/mol. The maximum Gasteiger partial charge on any atom is 0.316 e. The summed E-state index contributed by atoms with van der Waals surface area (Å²) < 4.78 is 5.21. The van der Waals surface area contributed by atoms with E-state index in [4.69, 9.17) is 16.3 Å². The first-order chi connectivity index (χ1) is 8.31. The van der Waals surface area contributed by atoms with E-state index < -0.39 is 5.60 Å². The summed E-state index contributed by atoms with van der Waals surface area (Å²) in [5.41, 5.74) is 0.277. The Labute approximate surface area is 116 Å². The van der Waals surface area contributed by atoms with Crippen LogP contribution < -0.4 is 0 Å². The molecule has 0 bridgehead atoms. The van der Waals surface area contributed by atoms with Gasteiger partial charge in [-0.3, -0.25) is 4.79 Å². The molecular weight excluding hydrogens is 272 g/mol. The third-order valence-corrected chi connectivity index (χ3v) is 3.27. The van der Waals surface area contributed by atoms with Gasteiger partial charge in [0, 0.05) is 9.92 Å². The van der Waals surface area contributed by atoms with Gasteiger partial charge in [-0.05, 0) is 38.5 Å². The smallest absolute Gasteiger partial charge is 0.316 e. The first-order valence-electron chi connectivity index (χ1n) is 5.56. The van der Waals surface area contributed by atoms with Crippen LogP contribution in [0.2, 0.25) is 5.02 Å². The molecule has 0 aliphatic rings. The van der Waals surface area contributed by atoms with Crippen LogP contribution in [0.25, 0.3) is 0 Å². The zero-order chi connectivity index (χ0) is 13.8. The quantitative estimate of drug-likeness (QED) is 0.682. The van der Waals surface area contributed by atoms with E-state index in [1.807, 2.05) is 20.8 Å². The highest BCUT2D eigenvalue weighted by atomic mass is 35.5. The van der Waals surface area contributed by atoms with E-state index in [9.17, 15) is 9.90 Å². The molecule has 0 amide bonds. The van der Waals surface area contributed by atoms with Crippen molar-refractivity contribution in [3.63, 3.8) is 0 Å². The van der Waals surface area contributed by atoms with Crippen molar-refractivity contribution >= 4 is 29.3 Å². The zero-order valence-corrected chi connectivity index (χ0v) is 12.3. The standard InChI is InChI=1S/C13H17ClO3S/c1-13(2,3)17-12(16)8-18-11-6-10(14)5-4-9(11)7-15/h4-6,15H,7-8H2,1-3H3. The molecule has 1 rings (SSSR count). The molecule has 0 aliphatic heterocycles. The topological polar surface area (TPSA) is 46.5 Å². The van der Waals surface area contributed by atoms with Gasteiger partial charge in [-0.15, -0.1) is 11.8 Å². The number of ether oxygens (including phenoxy) is 1. The summed E-state index contributed by atoms with van der Waals surface area (Å²) in [6.45, 7) is 5.41. The summed E-state index contributed by atoms with van der Waals surface area (Å²) in [7, 11) is 0. The van der Waals surface area contributed by atoms with Crippen molar-refractivity contribution in [3.8, 4) is 0 Å². The molecule has 1 N–H and O–H groups in total. The first kappa shape index (κ1) is 15.3. The number of carbonyl (C=O) groups is 1. The summed E-state index contributed by atoms with van der Waals surface area (Å²) in [4.78, 5) is 12.4. The molecule has 0 saturated heterocycles. The lowest BCUT2D eigenvalue weighted by Gasteiger charge is -2.19. The highest BCUT2D eigenvalue weighted by Crippen LogP contribution is 2.26. The Morgan fingerprint density at radius 2 is 2.11 bits per heavy atom. The minimum Gasteiger partial charge on any atom is -0.459 e. The van der Waals surface area contributed by atoms with E-state index in [-0.39, 0.29) is 18.3 Å². The second-order valence-corrected chi connectivity index (χ2v) is 6.24. The average Bonchev–Trinajstić information content (AvgIpc) is 2.24. The fourth-order valence-electron chi connectivity index (χ4n) is 1.30. The van der Waals surface area contributed by atoms with E-state index >= 15 is 0 Å². The summed E-state index contributed by atoms with van der Waals surface area (Å²) >= 11 is 7.20. The van der Waals surface area contributed by atoms with Crippen molar-refractivity contribution < 1.29 is 14.6 Å². The van der Waals surface area contributed by atoms with Gasteiger partial charge >= 0.3 is 5.97 Å². The van der Waals surface area contributed by atoms with Crippen molar-refractivity contribution in [2.75, 3.05) is 5.75 Å². The fraction of sp³-hybridized carbons (Fsp3) is 0.462. The maximum absolute atomic E-state index is 11.6. The second kappa shape index (κ2) is 6.45. The molecule has 1 aromatic carbocycles. The van der Waals surface area contributed by atoms with Crippen LogP contribution >= 0.6 is 23.4 Å². The van der Waals surface area contributed by atoms with Crippen molar-refractivity contribution in [3.05, 3.63) is 28.8 Å². The molecule has 0 aromatic heterocycles. The molecule has 0 spiro atoms. The summed E-state index contributed by atoms with van der Waals surface area (Å²) in [6, 6.07) is 5.20. The molecule has 0 radical (unpaired) electrons. The van der Waals surface area contributed by atoms with Crippen molar-refractivity contribution in [2.45, 2.75) is 37.9 Å². The van der Waals surface area contributed by atoms with Gasteiger partial charge in [0.1, 0.15) is 5.60 Å². The number of hydrogen-bond donors (Lipinski definition) is 1. The molecule has 1 aromatic rings. The second-order valence-electron chi connectivity index (χ2n) is 4.79. The van der Waals surface area contributed by atoms with Gasteiger partial charge in [0.25, 0.3) is 0 Å². The number of esters is 1. The lowest BCUT2D eigenvalue weighted by atomic mass is 10.2. The van der Waals surface area contributed by atoms with Crippen molar-refractivity contribution in [2.24, 2.45) is 0 Å². The minimum atomic E-state index is -0.480. The molecule has 5 heteroatoms. The average molecular weight is 289 g/mol. The van der Waals surface area contributed by atoms with Gasteiger partial charge in [0.2, 0.25) is 0 Å². The summed E-state index contributed by atoms with van der Waals surface area (Å²) in [6.07, 6.45) is 0. The highest BCUT2D eigenvalue weighted by Gasteiger charge is 2.16. The minimum absolute atomic E-state index is 0.0756. The molecule has 18 heavy (non-hydrogen) atoms. The molecule has 0 saturated carbocycles. The Kier molecular flexibility index (Phi) is 5.50. The number of benzene rings is 1. The van der Waals surface area contributed by atoms with Crippen LogP contribution in [0.3, 0.4) is 0 Å². The van der Waals surface area contributed by atoms with Gasteiger partial charge < -0.3 is 9.84 Å². The number of hydrogen-bond acceptors (Lipinski definition) is 4. The Morgan fingerprint density at radius 1 is 1.44 bits per heavy atom. The Bertz CT molecular complexity index is 427. The largest absolute Gasteiger partial charge is 0.459 e. The predicted molar refractivity (Wildman–Crippen MR) is 73.9 cm³/mol. The molecule has 0 heterocycles. The third kappa shape index (κ3) is 5.29. The van der Waals surface area contributed by atoms with Gasteiger partial charge in [-0.25, -0.2) is 0 Å². The number of thioether (sulfide) groups is 1. The van der Waals surface area contributed by atoms with E-state index in [2.05, 4.69) is 0 Å². The number of carbonyl (C=O) groups excluding carboxylic acids is 1. The molecule has 0 aliphatic carbocycles. The molecule has 100 valence electrons. The molecular formula is C13H17ClO3S. The predicted octanol–water partition coefficient (Wildman–Crippen LogP) is 3.27. The number of halogens is 1. The normalized spacial score (nSPS) is 11.4. The first-order valence-corrected chi connectivity index (χ1v) is 6.92. The lowest BCUT2D eigenvalue weighted by molar-refractivity contribution is -0.151. The van der Waals surface area contributed by atoms with Gasteiger partial charge in [0.05, 0.1) is 12.4 Å². The van der Waals surface area contributed by atoms with Gasteiger partial charge in [-0.1, -0.05) is 17.7 Å². The van der Waals surface area contributed by atoms with Gasteiger partial charge in [0.15, 0.2) is 0 Å². The molecule has 0 atom stereocenters. The maximum atomic E-state index is 11.6. The van der Waals surface area contributed by atoms with Crippen molar-refractivity contribution in [1.82, 2.24) is 0 Å². The number of aliphatic hydroxyl groups is 1. The molecule has 0 unspecified atom stereocenters. The molecule has 3 nitrogen and oxygen atoms in total. The fourth-order valence-corrected chi connectivity index (χ4v) is 2.40. The van der Waals surface area contributed by atoms with Crippen LogP contribution in [0, 0.1) is 0 Å². The van der Waals surface area contributed by atoms with Crippen LogP contribution in [-0.4, -0.2) is 22.4 Å². The SMILES string of the molecule is CC(C)(C)OC(=O)CSc1cc(Cl)ccc1CO. The van der Waals surface area contributed by atoms with Gasteiger partial charge in [-0.2, -0.15) is 0 Å². The lowest BCUT2D eigenvalue weighted by Crippen LogP contribution is -2.24. The van der Waals surface area contributed by atoms with E-state index in [0.29, 0.717) is 5.02 Å². The van der Waals surface area contributed by atoms with Crippen LogP contribution in [0.4, 0.5) is 0 Å². The van der Waals surface area contributed by atoms with E-state index in [1.165, 1.54) is 11.8 Å². The Morgan fingerprint density at radius 3 is 2.67 bits per heavy atom.